The molecule has 1 aromatic heterocycles. The number of ether oxygens (including phenoxy) is 1. The summed E-state index contributed by atoms with van der Waals surface area (Å²) in [4.78, 5) is 18.4. The zero-order chi connectivity index (χ0) is 17.2. The summed E-state index contributed by atoms with van der Waals surface area (Å²) < 4.78 is 29.2. The van der Waals surface area contributed by atoms with Crippen molar-refractivity contribution in [1.29, 1.82) is 0 Å². The van der Waals surface area contributed by atoms with E-state index >= 15 is 0 Å². The molecule has 2 N–H and O–H groups in total. The Kier molecular flexibility index (Phi) is 4.61. The predicted octanol–water partition coefficient (Wildman–Crippen LogP) is 0.868. The average molecular weight is 347 g/mol. The Bertz CT molecular complexity index is 847. The molecule has 1 aliphatic heterocycles. The van der Waals surface area contributed by atoms with E-state index in [9.17, 15) is 13.2 Å². The van der Waals surface area contributed by atoms with E-state index in [1.807, 2.05) is 0 Å². The van der Waals surface area contributed by atoms with Crippen LogP contribution >= 0.6 is 0 Å². The molecule has 0 bridgehead atoms. The molecule has 1 fully saturated rings. The van der Waals surface area contributed by atoms with Crippen molar-refractivity contribution in [2.75, 3.05) is 26.3 Å². The van der Waals surface area contributed by atoms with Crippen molar-refractivity contribution in [3.63, 3.8) is 0 Å². The Labute approximate surface area is 140 Å². The van der Waals surface area contributed by atoms with Gasteiger partial charge >= 0.3 is 0 Å². The zero-order valence-corrected chi connectivity index (χ0v) is 13.7. The van der Waals surface area contributed by atoms with E-state index in [0.717, 1.165) is 0 Å². The number of benzene rings is 1. The number of nitrogens with two attached hydrogens (primary N) is 1. The molecule has 126 valence electrons. The lowest BCUT2D eigenvalue weighted by Crippen LogP contribution is -2.41. The molecule has 1 aromatic carbocycles. The van der Waals surface area contributed by atoms with Crippen molar-refractivity contribution < 1.29 is 17.9 Å². The fourth-order valence-corrected chi connectivity index (χ4v) is 3.43. The van der Waals surface area contributed by atoms with Gasteiger partial charge in [0.25, 0.3) is 5.91 Å². The fourth-order valence-electron chi connectivity index (χ4n) is 2.68. The van der Waals surface area contributed by atoms with Gasteiger partial charge in [0.15, 0.2) is 0 Å². The van der Waals surface area contributed by atoms with Gasteiger partial charge in [-0.05, 0) is 17.7 Å². The van der Waals surface area contributed by atoms with Crippen LogP contribution in [-0.4, -0.2) is 50.5 Å². The Morgan fingerprint density at radius 2 is 1.92 bits per heavy atom. The van der Waals surface area contributed by atoms with E-state index in [0.29, 0.717) is 37.4 Å². The summed E-state index contributed by atoms with van der Waals surface area (Å²) in [5.74, 6) is -0.373. The van der Waals surface area contributed by atoms with Gasteiger partial charge in [0.2, 0.25) is 10.0 Å². The van der Waals surface area contributed by atoms with Crippen molar-refractivity contribution in [2.45, 2.75) is 4.90 Å². The highest BCUT2D eigenvalue weighted by molar-refractivity contribution is 7.89. The number of carbonyl (C=O) groups excluding carboxylic acids is 1. The van der Waals surface area contributed by atoms with Crippen LogP contribution in [0.2, 0.25) is 0 Å². The maximum absolute atomic E-state index is 13.0. The van der Waals surface area contributed by atoms with Gasteiger partial charge in [-0.15, -0.1) is 0 Å². The van der Waals surface area contributed by atoms with Crippen LogP contribution in [0.15, 0.2) is 47.6 Å². The van der Waals surface area contributed by atoms with Gasteiger partial charge in [0, 0.05) is 31.0 Å². The number of pyridine rings is 1. The SMILES string of the molecule is NS(=O)(=O)c1cccc(-c2cccnc2)c1C(=O)N1CCOCC1. The third kappa shape index (κ3) is 3.30. The summed E-state index contributed by atoms with van der Waals surface area (Å²) in [7, 11) is -4.05. The van der Waals surface area contributed by atoms with Gasteiger partial charge in [-0.1, -0.05) is 18.2 Å². The van der Waals surface area contributed by atoms with Crippen LogP contribution in [0.5, 0.6) is 0 Å². The van der Waals surface area contributed by atoms with Crippen molar-refractivity contribution in [3.05, 3.63) is 48.3 Å². The van der Waals surface area contributed by atoms with Crippen molar-refractivity contribution >= 4 is 15.9 Å². The summed E-state index contributed by atoms with van der Waals surface area (Å²) in [6.07, 6.45) is 3.19. The standard InChI is InChI=1S/C16H17N3O4S/c17-24(21,22)14-5-1-4-13(12-3-2-6-18-11-12)15(14)16(20)19-7-9-23-10-8-19/h1-6,11H,7-10H2,(H2,17,21,22). The molecule has 0 unspecified atom stereocenters. The van der Waals surface area contributed by atoms with E-state index in [1.165, 1.54) is 6.07 Å². The van der Waals surface area contributed by atoms with Crippen LogP contribution in [0.25, 0.3) is 11.1 Å². The number of morpholine rings is 1. The van der Waals surface area contributed by atoms with Gasteiger partial charge in [-0.3, -0.25) is 9.78 Å². The lowest BCUT2D eigenvalue weighted by molar-refractivity contribution is 0.0301. The quantitative estimate of drug-likeness (QED) is 0.887. The second-order valence-electron chi connectivity index (χ2n) is 5.37. The van der Waals surface area contributed by atoms with Gasteiger partial charge in [-0.2, -0.15) is 0 Å². The number of hydrogen-bond acceptors (Lipinski definition) is 5. The molecule has 8 heteroatoms. The molecule has 0 atom stereocenters. The van der Waals surface area contributed by atoms with Gasteiger partial charge in [0.1, 0.15) is 0 Å². The molecule has 3 rings (SSSR count). The molecule has 0 radical (unpaired) electrons. The molecular weight excluding hydrogens is 330 g/mol. The molecule has 0 aliphatic carbocycles. The lowest BCUT2D eigenvalue weighted by Gasteiger charge is -2.28. The maximum Gasteiger partial charge on any atom is 0.256 e. The highest BCUT2D eigenvalue weighted by Gasteiger charge is 2.28. The minimum Gasteiger partial charge on any atom is -0.378 e. The van der Waals surface area contributed by atoms with E-state index in [-0.39, 0.29) is 16.4 Å². The summed E-state index contributed by atoms with van der Waals surface area (Å²) >= 11 is 0. The molecule has 1 amide bonds. The van der Waals surface area contributed by atoms with Gasteiger partial charge < -0.3 is 9.64 Å². The van der Waals surface area contributed by atoms with E-state index < -0.39 is 10.0 Å². The first-order chi connectivity index (χ1) is 11.5. The van der Waals surface area contributed by atoms with E-state index in [2.05, 4.69) is 4.98 Å². The molecule has 1 saturated heterocycles. The first kappa shape index (κ1) is 16.6. The largest absolute Gasteiger partial charge is 0.378 e. The smallest absolute Gasteiger partial charge is 0.256 e. The van der Waals surface area contributed by atoms with Crippen LogP contribution in [0.4, 0.5) is 0 Å². The van der Waals surface area contributed by atoms with Crippen molar-refractivity contribution in [3.8, 4) is 11.1 Å². The summed E-state index contributed by atoms with van der Waals surface area (Å²) in [6, 6.07) is 8.10. The second kappa shape index (κ2) is 6.68. The zero-order valence-electron chi connectivity index (χ0n) is 12.9. The number of rotatable bonds is 3. The number of amides is 1. The number of aromatic nitrogens is 1. The first-order valence-electron chi connectivity index (χ1n) is 7.42. The maximum atomic E-state index is 13.0. The average Bonchev–Trinajstić information content (AvgIpc) is 2.61. The van der Waals surface area contributed by atoms with Crippen LogP contribution < -0.4 is 5.14 Å². The second-order valence-corrected chi connectivity index (χ2v) is 6.90. The predicted molar refractivity (Wildman–Crippen MR) is 87.8 cm³/mol. The number of hydrogen-bond donors (Lipinski definition) is 1. The van der Waals surface area contributed by atoms with E-state index in [1.54, 1.807) is 41.6 Å². The summed E-state index contributed by atoms with van der Waals surface area (Å²) in [6.45, 7) is 1.66. The van der Waals surface area contributed by atoms with Crippen LogP contribution in [0.3, 0.4) is 0 Å². The highest BCUT2D eigenvalue weighted by Crippen LogP contribution is 2.29. The molecule has 0 spiro atoms. The molecular formula is C16H17N3O4S. The molecule has 1 aliphatic rings. The molecule has 2 aromatic rings. The third-order valence-electron chi connectivity index (χ3n) is 3.82. The Morgan fingerprint density at radius 3 is 2.54 bits per heavy atom. The monoisotopic (exact) mass is 347 g/mol. The Balaban J connectivity index is 2.18. The fraction of sp³-hybridized carbons (Fsp3) is 0.250. The summed E-state index contributed by atoms with van der Waals surface area (Å²) in [5.41, 5.74) is 1.22. The highest BCUT2D eigenvalue weighted by atomic mass is 32.2. The van der Waals surface area contributed by atoms with Crippen LogP contribution in [-0.2, 0) is 14.8 Å². The Hall–Kier alpha value is -2.29. The summed E-state index contributed by atoms with van der Waals surface area (Å²) in [5, 5.41) is 5.33. The van der Waals surface area contributed by atoms with Crippen LogP contribution in [0.1, 0.15) is 10.4 Å². The van der Waals surface area contributed by atoms with Crippen molar-refractivity contribution in [2.24, 2.45) is 5.14 Å². The normalized spacial score (nSPS) is 15.3. The number of primary sulfonamides is 1. The number of nitrogens with zero attached hydrogens (tertiary/aromatic N) is 2. The number of sulfonamides is 1. The minimum atomic E-state index is -4.05. The molecule has 24 heavy (non-hydrogen) atoms. The number of carbonyl (C=O) groups is 1. The van der Waals surface area contributed by atoms with Crippen molar-refractivity contribution in [1.82, 2.24) is 9.88 Å². The molecule has 7 nitrogen and oxygen atoms in total. The molecule has 2 heterocycles. The Morgan fingerprint density at radius 1 is 1.17 bits per heavy atom. The topological polar surface area (TPSA) is 103 Å². The van der Waals surface area contributed by atoms with Crippen LogP contribution in [0, 0.1) is 0 Å². The minimum absolute atomic E-state index is 0.0786. The first-order valence-corrected chi connectivity index (χ1v) is 8.96. The lowest BCUT2D eigenvalue weighted by atomic mass is 10.00. The van der Waals surface area contributed by atoms with E-state index in [4.69, 9.17) is 9.88 Å². The molecule has 0 saturated carbocycles. The van der Waals surface area contributed by atoms with Gasteiger partial charge in [-0.25, -0.2) is 13.6 Å². The third-order valence-corrected chi connectivity index (χ3v) is 4.77. The van der Waals surface area contributed by atoms with Gasteiger partial charge in [0.05, 0.1) is 23.7 Å².